The maximum absolute atomic E-state index is 12.7. The molecule has 100 valence electrons. The third-order valence-corrected chi connectivity index (χ3v) is 2.75. The van der Waals surface area contributed by atoms with E-state index in [4.69, 9.17) is 14.3 Å². The summed E-state index contributed by atoms with van der Waals surface area (Å²) in [7, 11) is 0. The minimum Gasteiger partial charge on any atom is -0.484 e. The van der Waals surface area contributed by atoms with Gasteiger partial charge in [-0.3, -0.25) is 4.79 Å². The van der Waals surface area contributed by atoms with E-state index in [0.29, 0.717) is 5.75 Å². The van der Waals surface area contributed by atoms with Crippen LogP contribution in [0.2, 0.25) is 0 Å². The van der Waals surface area contributed by atoms with Crippen molar-refractivity contribution >= 4 is 17.7 Å². The number of ether oxygens (including phenoxy) is 1. The third-order valence-electron chi connectivity index (χ3n) is 1.94. The monoisotopic (exact) mass is 284 g/mol. The third kappa shape index (κ3) is 4.25. The van der Waals surface area contributed by atoms with E-state index in [-0.39, 0.29) is 29.3 Å². The van der Waals surface area contributed by atoms with E-state index in [1.54, 1.807) is 0 Å². The number of halogens is 1. The van der Waals surface area contributed by atoms with E-state index in [0.717, 1.165) is 11.8 Å². The first-order valence-electron chi connectivity index (χ1n) is 5.19. The van der Waals surface area contributed by atoms with Crippen molar-refractivity contribution < 1.29 is 23.4 Å². The van der Waals surface area contributed by atoms with Gasteiger partial charge in [0.25, 0.3) is 11.1 Å². The molecule has 0 saturated carbocycles. The summed E-state index contributed by atoms with van der Waals surface area (Å²) >= 11 is 0.928. The van der Waals surface area contributed by atoms with Gasteiger partial charge in [0.15, 0.2) is 6.61 Å². The topological polar surface area (TPSA) is 85.5 Å². The highest BCUT2D eigenvalue weighted by Gasteiger charge is 2.09. The lowest BCUT2D eigenvalue weighted by Crippen LogP contribution is -1.97. The molecule has 1 heterocycles. The number of benzene rings is 1. The summed E-state index contributed by atoms with van der Waals surface area (Å²) in [6, 6.07) is 5.51. The average Bonchev–Trinajstić information content (AvgIpc) is 2.84. The zero-order valence-electron chi connectivity index (χ0n) is 9.58. The van der Waals surface area contributed by atoms with Gasteiger partial charge in [0.2, 0.25) is 0 Å². The number of carboxylic acid groups (broad SMARTS) is 1. The molecular formula is C11H9FN2O4S. The van der Waals surface area contributed by atoms with Crippen molar-refractivity contribution in [1.82, 2.24) is 10.2 Å². The minimum atomic E-state index is -0.965. The molecule has 0 saturated heterocycles. The lowest BCUT2D eigenvalue weighted by molar-refractivity contribution is -0.133. The number of carbonyl (C=O) groups is 1. The van der Waals surface area contributed by atoms with Crippen LogP contribution in [-0.4, -0.2) is 27.0 Å². The van der Waals surface area contributed by atoms with Crippen LogP contribution in [0.3, 0.4) is 0 Å². The van der Waals surface area contributed by atoms with Gasteiger partial charge < -0.3 is 14.3 Å². The Bertz CT molecular complexity index is 558. The number of rotatable bonds is 6. The highest BCUT2D eigenvalue weighted by molar-refractivity contribution is 7.99. The zero-order valence-corrected chi connectivity index (χ0v) is 10.4. The summed E-state index contributed by atoms with van der Waals surface area (Å²) in [4.78, 5) is 10.4. The maximum atomic E-state index is 12.7. The van der Waals surface area contributed by atoms with E-state index in [1.807, 2.05) is 0 Å². The molecule has 0 atom stereocenters. The fourth-order valence-electron chi connectivity index (χ4n) is 1.15. The molecule has 1 aromatic heterocycles. The number of thioether (sulfide) groups is 1. The number of hydrogen-bond donors (Lipinski definition) is 1. The molecule has 0 unspecified atom stereocenters. The van der Waals surface area contributed by atoms with Crippen LogP contribution >= 0.6 is 11.8 Å². The Hall–Kier alpha value is -2.09. The minimum absolute atomic E-state index is 0.0340. The van der Waals surface area contributed by atoms with Crippen molar-refractivity contribution in [2.45, 2.75) is 11.8 Å². The molecule has 6 nitrogen and oxygen atoms in total. The lowest BCUT2D eigenvalue weighted by Gasteiger charge is -2.01. The Balaban J connectivity index is 1.86. The predicted octanol–water partition coefficient (Wildman–Crippen LogP) is 1.96. The molecule has 0 aliphatic heterocycles. The van der Waals surface area contributed by atoms with Crippen molar-refractivity contribution in [3.8, 4) is 5.75 Å². The average molecular weight is 284 g/mol. The molecule has 1 aromatic carbocycles. The highest BCUT2D eigenvalue weighted by atomic mass is 32.2. The molecule has 0 aliphatic rings. The van der Waals surface area contributed by atoms with Crippen molar-refractivity contribution in [1.29, 1.82) is 0 Å². The van der Waals surface area contributed by atoms with Crippen LogP contribution in [0.5, 0.6) is 5.75 Å². The summed E-state index contributed by atoms with van der Waals surface area (Å²) in [5.41, 5.74) is 0. The van der Waals surface area contributed by atoms with Crippen molar-refractivity contribution in [2.24, 2.45) is 0 Å². The van der Waals surface area contributed by atoms with Crippen LogP contribution in [0.4, 0.5) is 4.39 Å². The standard InChI is InChI=1S/C11H9FN2O4S/c12-7-1-3-8(4-2-7)17-5-9-13-14-11(18-9)19-6-10(15)16/h1-4H,5-6H2,(H,15,16). The predicted molar refractivity (Wildman–Crippen MR) is 63.4 cm³/mol. The Labute approximate surface area is 111 Å². The summed E-state index contributed by atoms with van der Waals surface area (Å²) < 4.78 is 23.1. The van der Waals surface area contributed by atoms with Crippen molar-refractivity contribution in [2.75, 3.05) is 5.75 Å². The first-order valence-corrected chi connectivity index (χ1v) is 6.17. The molecule has 2 aromatic rings. The van der Waals surface area contributed by atoms with Gasteiger partial charge in [-0.05, 0) is 24.3 Å². The van der Waals surface area contributed by atoms with Crippen LogP contribution in [-0.2, 0) is 11.4 Å². The Morgan fingerprint density at radius 3 is 2.79 bits per heavy atom. The second-order valence-corrected chi connectivity index (χ2v) is 4.31. The van der Waals surface area contributed by atoms with E-state index >= 15 is 0 Å². The summed E-state index contributed by atoms with van der Waals surface area (Å²) in [6.07, 6.45) is 0. The summed E-state index contributed by atoms with van der Waals surface area (Å²) in [6.45, 7) is 0.0340. The Morgan fingerprint density at radius 2 is 2.11 bits per heavy atom. The fourth-order valence-corrected chi connectivity index (χ4v) is 1.65. The molecule has 0 spiro atoms. The molecule has 19 heavy (non-hydrogen) atoms. The van der Waals surface area contributed by atoms with Crippen molar-refractivity contribution in [3.05, 3.63) is 36.0 Å². The highest BCUT2D eigenvalue weighted by Crippen LogP contribution is 2.17. The van der Waals surface area contributed by atoms with Crippen LogP contribution in [0.1, 0.15) is 5.89 Å². The van der Waals surface area contributed by atoms with E-state index in [9.17, 15) is 9.18 Å². The van der Waals surface area contributed by atoms with Gasteiger partial charge in [0.05, 0.1) is 0 Å². The first-order chi connectivity index (χ1) is 9.13. The van der Waals surface area contributed by atoms with Gasteiger partial charge in [0, 0.05) is 0 Å². The largest absolute Gasteiger partial charge is 0.484 e. The number of carboxylic acids is 1. The zero-order chi connectivity index (χ0) is 13.7. The normalized spacial score (nSPS) is 10.4. The lowest BCUT2D eigenvalue weighted by atomic mass is 10.3. The van der Waals surface area contributed by atoms with Crippen LogP contribution in [0, 0.1) is 5.82 Å². The smallest absolute Gasteiger partial charge is 0.314 e. The molecule has 0 aliphatic carbocycles. The molecule has 1 N–H and O–H groups in total. The number of nitrogens with zero attached hydrogens (tertiary/aromatic N) is 2. The van der Waals surface area contributed by atoms with Gasteiger partial charge in [-0.25, -0.2) is 4.39 Å². The van der Waals surface area contributed by atoms with Crippen LogP contribution in [0.15, 0.2) is 33.9 Å². The van der Waals surface area contributed by atoms with E-state index < -0.39 is 5.97 Å². The second-order valence-electron chi connectivity index (χ2n) is 3.39. The van der Waals surface area contributed by atoms with E-state index in [1.165, 1.54) is 24.3 Å². The van der Waals surface area contributed by atoms with Gasteiger partial charge in [-0.1, -0.05) is 11.8 Å². The van der Waals surface area contributed by atoms with Gasteiger partial charge in [-0.15, -0.1) is 10.2 Å². The van der Waals surface area contributed by atoms with Crippen LogP contribution < -0.4 is 4.74 Å². The second kappa shape index (κ2) is 6.19. The summed E-state index contributed by atoms with van der Waals surface area (Å²) in [5.74, 6) is -0.776. The quantitative estimate of drug-likeness (QED) is 0.811. The van der Waals surface area contributed by atoms with Gasteiger partial charge in [0.1, 0.15) is 17.3 Å². The number of aliphatic carboxylic acids is 1. The molecule has 8 heteroatoms. The van der Waals surface area contributed by atoms with Gasteiger partial charge in [-0.2, -0.15) is 0 Å². The van der Waals surface area contributed by atoms with Crippen molar-refractivity contribution in [3.63, 3.8) is 0 Å². The molecule has 0 fully saturated rings. The fraction of sp³-hybridized carbons (Fsp3) is 0.182. The van der Waals surface area contributed by atoms with Gasteiger partial charge >= 0.3 is 5.97 Å². The summed E-state index contributed by atoms with van der Waals surface area (Å²) in [5, 5.41) is 16.0. The molecular weight excluding hydrogens is 275 g/mol. The first kappa shape index (κ1) is 13.3. The van der Waals surface area contributed by atoms with E-state index in [2.05, 4.69) is 10.2 Å². The molecule has 2 rings (SSSR count). The SMILES string of the molecule is O=C(O)CSc1nnc(COc2ccc(F)cc2)o1. The Morgan fingerprint density at radius 1 is 1.37 bits per heavy atom. The van der Waals surface area contributed by atoms with Crippen LogP contribution in [0.25, 0.3) is 0 Å². The molecule has 0 amide bonds. The Kier molecular flexibility index (Phi) is 4.35. The number of aromatic nitrogens is 2. The molecule has 0 bridgehead atoms. The molecule has 0 radical (unpaired) electrons. The maximum Gasteiger partial charge on any atom is 0.314 e. The number of hydrogen-bond acceptors (Lipinski definition) is 6.